The molecule has 1 aliphatic heterocycles. The van der Waals surface area contributed by atoms with Crippen molar-refractivity contribution >= 4 is 16.1 Å². The summed E-state index contributed by atoms with van der Waals surface area (Å²) < 4.78 is 27.8. The molecule has 1 saturated carbocycles. The van der Waals surface area contributed by atoms with Gasteiger partial charge in [-0.3, -0.25) is 4.90 Å². The standard InChI is InChI=1S/C21H24N2O2S/c24-26(25,16-13-18-7-3-1-4-8-18)23-15-14-22(20-11-12-20)17-21(23)19-9-5-2-6-10-19/h1-10,13,16,20-21H,11-12,14-15,17H2. The Labute approximate surface area is 155 Å². The Morgan fingerprint density at radius 1 is 0.885 bits per heavy atom. The molecule has 1 aliphatic carbocycles. The number of rotatable bonds is 5. The van der Waals surface area contributed by atoms with Gasteiger partial charge in [0.05, 0.1) is 6.04 Å². The molecule has 0 bridgehead atoms. The summed E-state index contributed by atoms with van der Waals surface area (Å²) in [6.45, 7) is 2.12. The van der Waals surface area contributed by atoms with Gasteiger partial charge in [0.1, 0.15) is 0 Å². The van der Waals surface area contributed by atoms with Crippen molar-refractivity contribution in [3.05, 3.63) is 77.2 Å². The van der Waals surface area contributed by atoms with Gasteiger partial charge in [0.15, 0.2) is 0 Å². The van der Waals surface area contributed by atoms with E-state index in [0.717, 1.165) is 24.2 Å². The molecule has 2 fully saturated rings. The molecule has 4 rings (SSSR count). The molecule has 136 valence electrons. The van der Waals surface area contributed by atoms with Crippen LogP contribution in [0.4, 0.5) is 0 Å². The molecule has 0 aromatic heterocycles. The fourth-order valence-electron chi connectivity index (χ4n) is 3.62. The molecule has 0 amide bonds. The first kappa shape index (κ1) is 17.5. The van der Waals surface area contributed by atoms with Crippen molar-refractivity contribution in [2.75, 3.05) is 19.6 Å². The third-order valence-electron chi connectivity index (χ3n) is 5.17. The van der Waals surface area contributed by atoms with Gasteiger partial charge in [0.2, 0.25) is 10.0 Å². The molecule has 2 aromatic rings. The third kappa shape index (κ3) is 3.90. The maximum Gasteiger partial charge on any atom is 0.236 e. The second-order valence-corrected chi connectivity index (χ2v) is 8.79. The van der Waals surface area contributed by atoms with E-state index in [4.69, 9.17) is 0 Å². The van der Waals surface area contributed by atoms with E-state index < -0.39 is 10.0 Å². The van der Waals surface area contributed by atoms with E-state index in [1.165, 1.54) is 18.2 Å². The minimum atomic E-state index is -3.48. The van der Waals surface area contributed by atoms with Gasteiger partial charge in [-0.25, -0.2) is 8.42 Å². The smallest absolute Gasteiger partial charge is 0.236 e. The summed E-state index contributed by atoms with van der Waals surface area (Å²) in [4.78, 5) is 2.45. The van der Waals surface area contributed by atoms with Crippen molar-refractivity contribution in [1.82, 2.24) is 9.21 Å². The molecule has 0 radical (unpaired) electrons. The molecule has 26 heavy (non-hydrogen) atoms. The molecular formula is C21H24N2O2S. The van der Waals surface area contributed by atoms with Gasteiger partial charge in [-0.2, -0.15) is 4.31 Å². The Bertz CT molecular complexity index is 861. The Morgan fingerprint density at radius 3 is 2.19 bits per heavy atom. The SMILES string of the molecule is O=S(=O)(C=Cc1ccccc1)N1CCN(C2CC2)CC1c1ccccc1. The Morgan fingerprint density at radius 2 is 1.54 bits per heavy atom. The van der Waals surface area contributed by atoms with E-state index in [1.807, 2.05) is 60.7 Å². The highest BCUT2D eigenvalue weighted by molar-refractivity contribution is 7.92. The largest absolute Gasteiger partial charge is 0.297 e. The maximum absolute atomic E-state index is 13.1. The van der Waals surface area contributed by atoms with Crippen LogP contribution in [-0.4, -0.2) is 43.3 Å². The fraction of sp³-hybridized carbons (Fsp3) is 0.333. The highest BCUT2D eigenvalue weighted by Crippen LogP contribution is 2.35. The fourth-order valence-corrected chi connectivity index (χ4v) is 4.98. The first-order valence-electron chi connectivity index (χ1n) is 9.17. The quantitative estimate of drug-likeness (QED) is 0.811. The minimum Gasteiger partial charge on any atom is -0.297 e. The molecule has 1 unspecified atom stereocenters. The second kappa shape index (κ2) is 7.35. The van der Waals surface area contributed by atoms with E-state index in [-0.39, 0.29) is 6.04 Å². The summed E-state index contributed by atoms with van der Waals surface area (Å²) in [7, 11) is -3.48. The van der Waals surface area contributed by atoms with Crippen LogP contribution in [0.3, 0.4) is 0 Å². The number of piperazine rings is 1. The van der Waals surface area contributed by atoms with E-state index in [9.17, 15) is 8.42 Å². The van der Waals surface area contributed by atoms with Crippen LogP contribution >= 0.6 is 0 Å². The summed E-state index contributed by atoms with van der Waals surface area (Å²) in [6, 6.07) is 20.1. The van der Waals surface area contributed by atoms with Crippen LogP contribution in [0.1, 0.15) is 30.0 Å². The monoisotopic (exact) mass is 368 g/mol. The third-order valence-corrected chi connectivity index (χ3v) is 6.74. The lowest BCUT2D eigenvalue weighted by atomic mass is 10.0. The summed E-state index contributed by atoms with van der Waals surface area (Å²) in [5, 5.41) is 1.35. The van der Waals surface area contributed by atoms with Crippen molar-refractivity contribution in [1.29, 1.82) is 0 Å². The highest BCUT2D eigenvalue weighted by Gasteiger charge is 2.39. The molecule has 1 heterocycles. The Kier molecular flexibility index (Phi) is 4.94. The van der Waals surface area contributed by atoms with Crippen molar-refractivity contribution in [2.24, 2.45) is 0 Å². The number of hydrogen-bond acceptors (Lipinski definition) is 3. The van der Waals surface area contributed by atoms with Crippen LogP contribution in [0.5, 0.6) is 0 Å². The molecule has 0 N–H and O–H groups in total. The molecule has 1 atom stereocenters. The van der Waals surface area contributed by atoms with E-state index in [1.54, 1.807) is 10.4 Å². The lowest BCUT2D eigenvalue weighted by molar-refractivity contribution is 0.130. The number of hydrogen-bond donors (Lipinski definition) is 0. The lowest BCUT2D eigenvalue weighted by Gasteiger charge is -2.40. The first-order chi connectivity index (χ1) is 12.6. The number of nitrogens with zero attached hydrogens (tertiary/aromatic N) is 2. The lowest BCUT2D eigenvalue weighted by Crippen LogP contribution is -2.50. The van der Waals surface area contributed by atoms with Gasteiger partial charge >= 0.3 is 0 Å². The van der Waals surface area contributed by atoms with E-state index >= 15 is 0 Å². The molecule has 1 saturated heterocycles. The van der Waals surface area contributed by atoms with Crippen LogP contribution in [0.15, 0.2) is 66.1 Å². The molecule has 2 aliphatic rings. The van der Waals surface area contributed by atoms with Crippen molar-refractivity contribution in [3.63, 3.8) is 0 Å². The summed E-state index contributed by atoms with van der Waals surface area (Å²) in [5.41, 5.74) is 1.96. The predicted molar refractivity (Wildman–Crippen MR) is 105 cm³/mol. The Balaban J connectivity index is 1.60. The molecule has 5 heteroatoms. The van der Waals surface area contributed by atoms with Crippen LogP contribution in [-0.2, 0) is 10.0 Å². The van der Waals surface area contributed by atoms with Gasteiger partial charge in [0.25, 0.3) is 0 Å². The zero-order chi connectivity index (χ0) is 18.0. The van der Waals surface area contributed by atoms with Gasteiger partial charge in [-0.1, -0.05) is 60.7 Å². The normalized spacial score (nSPS) is 22.7. The average molecular weight is 369 g/mol. The second-order valence-electron chi connectivity index (χ2n) is 7.02. The summed E-state index contributed by atoms with van der Waals surface area (Å²) in [5.74, 6) is 0. The highest BCUT2D eigenvalue weighted by atomic mass is 32.2. The molecular weight excluding hydrogens is 344 g/mol. The zero-order valence-corrected chi connectivity index (χ0v) is 15.6. The number of benzene rings is 2. The summed E-state index contributed by atoms with van der Waals surface area (Å²) in [6.07, 6.45) is 4.16. The van der Waals surface area contributed by atoms with Crippen LogP contribution in [0, 0.1) is 0 Å². The number of sulfonamides is 1. The molecule has 4 nitrogen and oxygen atoms in total. The van der Waals surface area contributed by atoms with Crippen LogP contribution in [0.2, 0.25) is 0 Å². The maximum atomic E-state index is 13.1. The van der Waals surface area contributed by atoms with Crippen molar-refractivity contribution in [2.45, 2.75) is 24.9 Å². The van der Waals surface area contributed by atoms with E-state index in [2.05, 4.69) is 4.90 Å². The first-order valence-corrected chi connectivity index (χ1v) is 10.7. The minimum absolute atomic E-state index is 0.129. The van der Waals surface area contributed by atoms with E-state index in [0.29, 0.717) is 12.6 Å². The van der Waals surface area contributed by atoms with Gasteiger partial charge < -0.3 is 0 Å². The van der Waals surface area contributed by atoms with Crippen molar-refractivity contribution < 1.29 is 8.42 Å². The van der Waals surface area contributed by atoms with Gasteiger partial charge in [0, 0.05) is 31.1 Å². The van der Waals surface area contributed by atoms with Crippen molar-refractivity contribution in [3.8, 4) is 0 Å². The zero-order valence-electron chi connectivity index (χ0n) is 14.7. The van der Waals surface area contributed by atoms with Crippen LogP contribution in [0.25, 0.3) is 6.08 Å². The predicted octanol–water partition coefficient (Wildman–Crippen LogP) is 3.51. The average Bonchev–Trinajstić information content (AvgIpc) is 3.53. The summed E-state index contributed by atoms with van der Waals surface area (Å²) >= 11 is 0. The van der Waals surface area contributed by atoms with Gasteiger partial charge in [-0.15, -0.1) is 0 Å². The van der Waals surface area contributed by atoms with Gasteiger partial charge in [-0.05, 0) is 30.0 Å². The Hall–Kier alpha value is -1.95. The molecule has 2 aromatic carbocycles. The molecule has 0 spiro atoms. The topological polar surface area (TPSA) is 40.6 Å². The van der Waals surface area contributed by atoms with Crippen LogP contribution < -0.4 is 0 Å².